The maximum Gasteiger partial charge on any atom is 0.244 e. The monoisotopic (exact) mass is 358 g/mol. The second-order valence-electron chi connectivity index (χ2n) is 6.33. The number of hydrogen-bond donors (Lipinski definition) is 1. The standard InChI is InChI=1S/C20H23ClN2O2/c1-13(2)18-10-5-7-14(3)20(18)23(15(4)24)12-19(25)22-17-9-6-8-16(21)11-17/h5-11,13H,12H2,1-4H3,(H,22,25). The summed E-state index contributed by atoms with van der Waals surface area (Å²) in [5.74, 6) is -0.194. The molecule has 2 rings (SSSR count). The largest absolute Gasteiger partial charge is 0.324 e. The molecule has 0 unspecified atom stereocenters. The lowest BCUT2D eigenvalue weighted by molar-refractivity contribution is -0.120. The summed E-state index contributed by atoms with van der Waals surface area (Å²) < 4.78 is 0. The lowest BCUT2D eigenvalue weighted by Gasteiger charge is -2.27. The normalized spacial score (nSPS) is 10.6. The van der Waals surface area contributed by atoms with Gasteiger partial charge in [0.15, 0.2) is 0 Å². The lowest BCUT2D eigenvalue weighted by atomic mass is 9.97. The molecule has 0 fully saturated rings. The zero-order valence-corrected chi connectivity index (χ0v) is 15.7. The first-order chi connectivity index (χ1) is 11.8. The van der Waals surface area contributed by atoms with Crippen molar-refractivity contribution in [2.24, 2.45) is 0 Å². The maximum atomic E-state index is 12.5. The minimum atomic E-state index is -0.268. The van der Waals surface area contributed by atoms with Gasteiger partial charge in [0.25, 0.3) is 0 Å². The summed E-state index contributed by atoms with van der Waals surface area (Å²) in [5, 5.41) is 3.33. The zero-order valence-electron chi connectivity index (χ0n) is 15.0. The molecule has 132 valence electrons. The van der Waals surface area contributed by atoms with Crippen LogP contribution in [0.5, 0.6) is 0 Å². The van der Waals surface area contributed by atoms with Gasteiger partial charge in [-0.1, -0.05) is 49.7 Å². The third-order valence-corrected chi connectivity index (χ3v) is 4.19. The number of carbonyl (C=O) groups excluding carboxylic acids is 2. The Hall–Kier alpha value is -2.33. The first kappa shape index (κ1) is 19.0. The van der Waals surface area contributed by atoms with Crippen LogP contribution >= 0.6 is 11.6 Å². The number of halogens is 1. The van der Waals surface area contributed by atoms with E-state index in [0.29, 0.717) is 10.7 Å². The fourth-order valence-electron chi connectivity index (χ4n) is 2.77. The Balaban J connectivity index is 2.28. The van der Waals surface area contributed by atoms with E-state index in [9.17, 15) is 9.59 Å². The summed E-state index contributed by atoms with van der Waals surface area (Å²) in [6.45, 7) is 7.52. The number of amides is 2. The molecule has 0 aromatic heterocycles. The molecule has 0 atom stereocenters. The summed E-state index contributed by atoms with van der Waals surface area (Å²) in [7, 11) is 0. The molecule has 0 spiro atoms. The average Bonchev–Trinajstić information content (AvgIpc) is 2.52. The van der Waals surface area contributed by atoms with Gasteiger partial charge in [0.1, 0.15) is 6.54 Å². The molecule has 0 saturated carbocycles. The quantitative estimate of drug-likeness (QED) is 0.837. The Morgan fingerprint density at radius 3 is 2.44 bits per heavy atom. The molecule has 0 radical (unpaired) electrons. The topological polar surface area (TPSA) is 49.4 Å². The van der Waals surface area contributed by atoms with Gasteiger partial charge in [-0.2, -0.15) is 0 Å². The van der Waals surface area contributed by atoms with Crippen molar-refractivity contribution in [3.05, 3.63) is 58.6 Å². The number of rotatable bonds is 5. The molecule has 0 aliphatic heterocycles. The van der Waals surface area contributed by atoms with Crippen LogP contribution in [0.15, 0.2) is 42.5 Å². The molecule has 2 amide bonds. The second-order valence-corrected chi connectivity index (χ2v) is 6.77. The van der Waals surface area contributed by atoms with Crippen LogP contribution in [0.3, 0.4) is 0 Å². The Kier molecular flexibility index (Phi) is 6.21. The predicted molar refractivity (Wildman–Crippen MR) is 103 cm³/mol. The molecule has 0 aliphatic rings. The van der Waals surface area contributed by atoms with E-state index in [-0.39, 0.29) is 24.3 Å². The molecule has 0 saturated heterocycles. The van der Waals surface area contributed by atoms with E-state index >= 15 is 0 Å². The SMILES string of the molecule is CC(=O)N(CC(=O)Nc1cccc(Cl)c1)c1c(C)cccc1C(C)C. The third-order valence-electron chi connectivity index (χ3n) is 3.95. The van der Waals surface area contributed by atoms with Crippen molar-refractivity contribution >= 4 is 34.8 Å². The van der Waals surface area contributed by atoms with E-state index in [1.54, 1.807) is 24.3 Å². The highest BCUT2D eigenvalue weighted by molar-refractivity contribution is 6.30. The van der Waals surface area contributed by atoms with Crippen LogP contribution < -0.4 is 10.2 Å². The first-order valence-corrected chi connectivity index (χ1v) is 8.60. The van der Waals surface area contributed by atoms with Crippen molar-refractivity contribution in [3.8, 4) is 0 Å². The summed E-state index contributed by atoms with van der Waals surface area (Å²) in [5.41, 5.74) is 3.43. The van der Waals surface area contributed by atoms with Crippen molar-refractivity contribution in [2.75, 3.05) is 16.8 Å². The number of carbonyl (C=O) groups is 2. The number of benzene rings is 2. The number of nitrogens with one attached hydrogen (secondary N) is 1. The second kappa shape index (κ2) is 8.17. The summed E-state index contributed by atoms with van der Waals surface area (Å²) in [6, 6.07) is 12.8. The van der Waals surface area contributed by atoms with E-state index in [1.807, 2.05) is 25.1 Å². The van der Waals surface area contributed by atoms with Gasteiger partial charge in [0.05, 0.1) is 5.69 Å². The van der Waals surface area contributed by atoms with Gasteiger partial charge >= 0.3 is 0 Å². The predicted octanol–water partition coefficient (Wildman–Crippen LogP) is 4.76. The van der Waals surface area contributed by atoms with Crippen LogP contribution in [0.1, 0.15) is 37.8 Å². The molecule has 0 heterocycles. The average molecular weight is 359 g/mol. The molecule has 0 bridgehead atoms. The number of hydrogen-bond acceptors (Lipinski definition) is 2. The smallest absolute Gasteiger partial charge is 0.244 e. The number of anilines is 2. The Morgan fingerprint density at radius 1 is 1.16 bits per heavy atom. The van der Waals surface area contributed by atoms with Crippen LogP contribution in [0.2, 0.25) is 5.02 Å². The van der Waals surface area contributed by atoms with Crippen molar-refractivity contribution in [2.45, 2.75) is 33.6 Å². The number of para-hydroxylation sites is 1. The molecular formula is C20H23ClN2O2. The van der Waals surface area contributed by atoms with E-state index in [4.69, 9.17) is 11.6 Å². The number of nitrogens with zero attached hydrogens (tertiary/aromatic N) is 1. The molecule has 5 heteroatoms. The maximum absolute atomic E-state index is 12.5. The van der Waals surface area contributed by atoms with Crippen LogP contribution in [-0.4, -0.2) is 18.4 Å². The van der Waals surface area contributed by atoms with Crippen LogP contribution in [0, 0.1) is 6.92 Å². The van der Waals surface area contributed by atoms with Crippen molar-refractivity contribution in [1.29, 1.82) is 0 Å². The first-order valence-electron chi connectivity index (χ1n) is 8.22. The fourth-order valence-corrected chi connectivity index (χ4v) is 2.96. The van der Waals surface area contributed by atoms with E-state index in [1.165, 1.54) is 11.8 Å². The molecule has 25 heavy (non-hydrogen) atoms. The zero-order chi connectivity index (χ0) is 18.6. The van der Waals surface area contributed by atoms with Gasteiger partial charge in [-0.3, -0.25) is 9.59 Å². The molecule has 1 N–H and O–H groups in total. The fraction of sp³-hybridized carbons (Fsp3) is 0.300. The van der Waals surface area contributed by atoms with Gasteiger partial charge in [-0.15, -0.1) is 0 Å². The Bertz CT molecular complexity index is 787. The van der Waals surface area contributed by atoms with Crippen LogP contribution in [0.25, 0.3) is 0 Å². The molecule has 4 nitrogen and oxygen atoms in total. The molecular weight excluding hydrogens is 336 g/mol. The van der Waals surface area contributed by atoms with E-state index < -0.39 is 0 Å². The lowest BCUT2D eigenvalue weighted by Crippen LogP contribution is -2.37. The number of aryl methyl sites for hydroxylation is 1. The van der Waals surface area contributed by atoms with Gasteiger partial charge in [-0.25, -0.2) is 0 Å². The van der Waals surface area contributed by atoms with Gasteiger partial charge in [-0.05, 0) is 42.2 Å². The van der Waals surface area contributed by atoms with Crippen molar-refractivity contribution < 1.29 is 9.59 Å². The highest BCUT2D eigenvalue weighted by Gasteiger charge is 2.21. The van der Waals surface area contributed by atoms with Crippen molar-refractivity contribution in [1.82, 2.24) is 0 Å². The highest BCUT2D eigenvalue weighted by Crippen LogP contribution is 2.31. The summed E-state index contributed by atoms with van der Waals surface area (Å²) >= 11 is 5.94. The van der Waals surface area contributed by atoms with Crippen LogP contribution in [-0.2, 0) is 9.59 Å². The Labute approximate surface area is 153 Å². The molecule has 2 aromatic carbocycles. The minimum absolute atomic E-state index is 0.0492. The highest BCUT2D eigenvalue weighted by atomic mass is 35.5. The van der Waals surface area contributed by atoms with E-state index in [2.05, 4.69) is 19.2 Å². The molecule has 0 aliphatic carbocycles. The van der Waals surface area contributed by atoms with E-state index in [0.717, 1.165) is 16.8 Å². The van der Waals surface area contributed by atoms with Crippen LogP contribution in [0.4, 0.5) is 11.4 Å². The van der Waals surface area contributed by atoms with Crippen molar-refractivity contribution in [3.63, 3.8) is 0 Å². The summed E-state index contributed by atoms with van der Waals surface area (Å²) in [6.07, 6.45) is 0. The third kappa shape index (κ3) is 4.83. The minimum Gasteiger partial charge on any atom is -0.324 e. The Morgan fingerprint density at radius 2 is 1.84 bits per heavy atom. The molecule has 2 aromatic rings. The van der Waals surface area contributed by atoms with Gasteiger partial charge in [0.2, 0.25) is 11.8 Å². The van der Waals surface area contributed by atoms with Gasteiger partial charge < -0.3 is 10.2 Å². The van der Waals surface area contributed by atoms with Gasteiger partial charge in [0, 0.05) is 17.6 Å². The summed E-state index contributed by atoms with van der Waals surface area (Å²) in [4.78, 5) is 26.2.